The predicted molar refractivity (Wildman–Crippen MR) is 118 cm³/mol. The van der Waals surface area contributed by atoms with Crippen molar-refractivity contribution >= 4 is 33.3 Å². The molecule has 0 fully saturated rings. The van der Waals surface area contributed by atoms with Crippen molar-refractivity contribution in [2.75, 3.05) is 0 Å². The number of aromatic nitrogens is 2. The van der Waals surface area contributed by atoms with Crippen molar-refractivity contribution in [1.82, 2.24) is 10.2 Å². The molecule has 0 aliphatic rings. The summed E-state index contributed by atoms with van der Waals surface area (Å²) in [6, 6.07) is 14.0. The molecule has 2 nitrogen and oxygen atoms in total. The molecule has 1 heterocycles. The van der Waals surface area contributed by atoms with E-state index in [-0.39, 0.29) is 5.82 Å². The molecule has 28 heavy (non-hydrogen) atoms. The van der Waals surface area contributed by atoms with Gasteiger partial charge in [-0.05, 0) is 53.0 Å². The van der Waals surface area contributed by atoms with Crippen LogP contribution in [0.1, 0.15) is 56.2 Å². The van der Waals surface area contributed by atoms with Crippen molar-refractivity contribution < 1.29 is 4.39 Å². The summed E-state index contributed by atoms with van der Waals surface area (Å²) in [6.07, 6.45) is 1.70. The monoisotopic (exact) mass is 396 g/mol. The van der Waals surface area contributed by atoms with Gasteiger partial charge in [0.25, 0.3) is 0 Å². The predicted octanol–water partition coefficient (Wildman–Crippen LogP) is 7.75. The summed E-state index contributed by atoms with van der Waals surface area (Å²) in [5.41, 5.74) is 4.01. The third-order valence-electron chi connectivity index (χ3n) is 5.02. The van der Waals surface area contributed by atoms with Crippen LogP contribution in [0.2, 0.25) is 5.02 Å². The van der Waals surface area contributed by atoms with E-state index in [0.29, 0.717) is 17.4 Å². The molecule has 4 rings (SSSR count). The smallest absolute Gasteiger partial charge is 0.149 e. The number of rotatable bonds is 2. The van der Waals surface area contributed by atoms with Crippen LogP contribution in [0.15, 0.2) is 48.7 Å². The van der Waals surface area contributed by atoms with Gasteiger partial charge in [0, 0.05) is 15.8 Å². The molecule has 0 aliphatic heterocycles. The van der Waals surface area contributed by atoms with Gasteiger partial charge in [-0.25, -0.2) is 4.39 Å². The first-order valence-electron chi connectivity index (χ1n) is 9.60. The Morgan fingerprint density at radius 3 is 2.32 bits per heavy atom. The molecule has 0 atom stereocenters. The number of aryl methyl sites for hydroxylation is 1. The Morgan fingerprint density at radius 1 is 1.00 bits per heavy atom. The van der Waals surface area contributed by atoms with Crippen LogP contribution in [0.3, 0.4) is 0 Å². The lowest BCUT2D eigenvalue weighted by Gasteiger charge is -2.11. The maximum atomic E-state index is 13.5. The fourth-order valence-corrected chi connectivity index (χ4v) is 4.09. The third-order valence-corrected chi connectivity index (χ3v) is 5.34. The topological polar surface area (TPSA) is 28.7 Å². The first-order valence-corrected chi connectivity index (χ1v) is 9.98. The second-order valence-electron chi connectivity index (χ2n) is 7.74. The summed E-state index contributed by atoms with van der Waals surface area (Å²) in [5, 5.41) is 10.7. The van der Waals surface area contributed by atoms with E-state index in [2.05, 4.69) is 62.2 Å². The highest BCUT2D eigenvalue weighted by Crippen LogP contribution is 2.31. The molecular weight excluding hydrogens is 371 g/mol. The van der Waals surface area contributed by atoms with Crippen molar-refractivity contribution in [2.24, 2.45) is 0 Å². The summed E-state index contributed by atoms with van der Waals surface area (Å²) in [6.45, 7) is 10.5. The number of hydrogen-bond donors (Lipinski definition) is 1. The Kier molecular flexibility index (Phi) is 6.04. The van der Waals surface area contributed by atoms with Crippen LogP contribution in [-0.4, -0.2) is 10.2 Å². The fraction of sp³-hybridized carbons (Fsp3) is 0.292. The van der Waals surface area contributed by atoms with E-state index >= 15 is 0 Å². The SMILES string of the molecule is CC(C)c1cccc2cccc(Cl)c12.Cc1cc(F)c2[nH]ncc2c1C(C)C. The van der Waals surface area contributed by atoms with Gasteiger partial charge in [-0.1, -0.05) is 69.6 Å². The lowest BCUT2D eigenvalue weighted by atomic mass is 9.94. The number of halogens is 2. The van der Waals surface area contributed by atoms with Gasteiger partial charge in [0.15, 0.2) is 0 Å². The molecule has 0 saturated heterocycles. The molecular formula is C24H26ClFN2. The molecule has 0 bridgehead atoms. The first-order chi connectivity index (χ1) is 13.3. The number of fused-ring (bicyclic) bond motifs is 2. The molecule has 0 amide bonds. The van der Waals surface area contributed by atoms with Crippen molar-refractivity contribution in [2.45, 2.75) is 46.5 Å². The largest absolute Gasteiger partial charge is 0.275 e. The highest BCUT2D eigenvalue weighted by molar-refractivity contribution is 6.35. The highest BCUT2D eigenvalue weighted by atomic mass is 35.5. The summed E-state index contributed by atoms with van der Waals surface area (Å²) in [5.74, 6) is 0.675. The maximum Gasteiger partial charge on any atom is 0.149 e. The van der Waals surface area contributed by atoms with Gasteiger partial charge in [0.05, 0.1) is 6.20 Å². The van der Waals surface area contributed by atoms with E-state index in [1.54, 1.807) is 12.3 Å². The fourth-order valence-electron chi connectivity index (χ4n) is 3.80. The van der Waals surface area contributed by atoms with Gasteiger partial charge in [-0.2, -0.15) is 5.10 Å². The van der Waals surface area contributed by atoms with Crippen LogP contribution in [0.5, 0.6) is 0 Å². The molecule has 0 radical (unpaired) electrons. The molecule has 4 aromatic rings. The van der Waals surface area contributed by atoms with Gasteiger partial charge in [0.2, 0.25) is 0 Å². The normalized spacial score (nSPS) is 11.3. The maximum absolute atomic E-state index is 13.5. The first kappa shape index (κ1) is 20.3. The zero-order valence-electron chi connectivity index (χ0n) is 17.0. The minimum Gasteiger partial charge on any atom is -0.275 e. The number of hydrogen-bond acceptors (Lipinski definition) is 1. The second kappa shape index (κ2) is 8.32. The van der Waals surface area contributed by atoms with Crippen LogP contribution < -0.4 is 0 Å². The second-order valence-corrected chi connectivity index (χ2v) is 8.15. The third kappa shape index (κ3) is 3.90. The van der Waals surface area contributed by atoms with Gasteiger partial charge in [-0.3, -0.25) is 5.10 Å². The van der Waals surface area contributed by atoms with Crippen molar-refractivity contribution in [3.8, 4) is 0 Å². The molecule has 0 saturated carbocycles. The standard InChI is InChI=1S/C13H13Cl.C11H13FN2/c1-9(2)11-7-3-5-10-6-4-8-12(14)13(10)11;1-6(2)10-7(3)4-9(12)11-8(10)5-13-14-11/h3-9H,1-2H3;4-6H,1-3H3,(H,13,14). The minimum absolute atomic E-state index is 0.223. The minimum atomic E-state index is -0.223. The van der Waals surface area contributed by atoms with E-state index in [1.807, 2.05) is 19.1 Å². The average molecular weight is 397 g/mol. The molecule has 4 heteroatoms. The molecule has 0 unspecified atom stereocenters. The number of benzene rings is 3. The van der Waals surface area contributed by atoms with Crippen LogP contribution >= 0.6 is 11.6 Å². The quantitative estimate of drug-likeness (QED) is 0.368. The number of aromatic amines is 1. The van der Waals surface area contributed by atoms with Gasteiger partial charge < -0.3 is 0 Å². The van der Waals surface area contributed by atoms with Crippen molar-refractivity contribution in [3.63, 3.8) is 0 Å². The molecule has 3 aromatic carbocycles. The molecule has 0 spiro atoms. The van der Waals surface area contributed by atoms with Gasteiger partial charge >= 0.3 is 0 Å². The number of nitrogens with one attached hydrogen (secondary N) is 1. The molecule has 1 N–H and O–H groups in total. The zero-order valence-corrected chi connectivity index (χ0v) is 17.7. The van der Waals surface area contributed by atoms with E-state index in [4.69, 9.17) is 11.6 Å². The molecule has 0 aliphatic carbocycles. The highest BCUT2D eigenvalue weighted by Gasteiger charge is 2.13. The van der Waals surface area contributed by atoms with E-state index in [1.165, 1.54) is 21.9 Å². The van der Waals surface area contributed by atoms with E-state index in [0.717, 1.165) is 16.0 Å². The van der Waals surface area contributed by atoms with Crippen molar-refractivity contribution in [1.29, 1.82) is 0 Å². The van der Waals surface area contributed by atoms with Crippen LogP contribution in [0.25, 0.3) is 21.7 Å². The van der Waals surface area contributed by atoms with Gasteiger partial charge in [0.1, 0.15) is 11.3 Å². The average Bonchev–Trinajstić information content (AvgIpc) is 3.11. The van der Waals surface area contributed by atoms with E-state index in [9.17, 15) is 4.39 Å². The zero-order chi connectivity index (χ0) is 20.4. The Balaban J connectivity index is 0.000000161. The lowest BCUT2D eigenvalue weighted by molar-refractivity contribution is 0.634. The van der Waals surface area contributed by atoms with Crippen LogP contribution in [-0.2, 0) is 0 Å². The molecule has 1 aromatic heterocycles. The summed E-state index contributed by atoms with van der Waals surface area (Å²) < 4.78 is 13.5. The number of H-pyrrole nitrogens is 1. The summed E-state index contributed by atoms with van der Waals surface area (Å²) in [7, 11) is 0. The Bertz CT molecular complexity index is 1110. The Morgan fingerprint density at radius 2 is 1.68 bits per heavy atom. The van der Waals surface area contributed by atoms with Crippen LogP contribution in [0, 0.1) is 12.7 Å². The Hall–Kier alpha value is -2.39. The summed E-state index contributed by atoms with van der Waals surface area (Å²) >= 11 is 6.21. The molecule has 146 valence electrons. The van der Waals surface area contributed by atoms with E-state index < -0.39 is 0 Å². The van der Waals surface area contributed by atoms with Crippen molar-refractivity contribution in [3.05, 3.63) is 76.2 Å². The lowest BCUT2D eigenvalue weighted by Crippen LogP contribution is -1.94. The number of nitrogens with zero attached hydrogens (tertiary/aromatic N) is 1. The Labute approximate surface area is 170 Å². The summed E-state index contributed by atoms with van der Waals surface area (Å²) in [4.78, 5) is 0. The van der Waals surface area contributed by atoms with Crippen LogP contribution in [0.4, 0.5) is 4.39 Å². The van der Waals surface area contributed by atoms with Gasteiger partial charge in [-0.15, -0.1) is 0 Å².